The number of Topliss-reactive ketones (excluding diaryl/α,β-unsaturated/α-hetero) is 1. The fourth-order valence-corrected chi connectivity index (χ4v) is 4.45. The molecule has 2 aromatic rings. The van der Waals surface area contributed by atoms with Crippen molar-refractivity contribution in [3.63, 3.8) is 0 Å². The molecule has 0 aromatic heterocycles. The molecule has 8 nitrogen and oxygen atoms in total. The maximum atomic E-state index is 14.0. The van der Waals surface area contributed by atoms with Crippen molar-refractivity contribution in [1.29, 1.82) is 0 Å². The van der Waals surface area contributed by atoms with Gasteiger partial charge in [0.15, 0.2) is 23.2 Å². The summed E-state index contributed by atoms with van der Waals surface area (Å²) < 4.78 is 59.9. The van der Waals surface area contributed by atoms with Gasteiger partial charge in [0.25, 0.3) is 0 Å². The smallest absolute Gasteiger partial charge is 0.225 e. The first-order valence-electron chi connectivity index (χ1n) is 12.9. The molecular formula is C28H31F4N3O5. The highest BCUT2D eigenvalue weighted by molar-refractivity contribution is 5.96. The van der Waals surface area contributed by atoms with Crippen LogP contribution in [0, 0.1) is 41.0 Å². The first kappa shape index (κ1) is 30.6. The number of ether oxygens (including phenoxy) is 1. The van der Waals surface area contributed by atoms with Gasteiger partial charge in [-0.25, -0.2) is 8.78 Å². The topological polar surface area (TPSA) is 114 Å². The highest BCUT2D eigenvalue weighted by Crippen LogP contribution is 2.27. The molecule has 1 saturated heterocycles. The predicted molar refractivity (Wildman–Crippen MR) is 137 cm³/mol. The molecule has 1 aliphatic rings. The Hall–Kier alpha value is -3.96. The zero-order valence-electron chi connectivity index (χ0n) is 22.1. The van der Waals surface area contributed by atoms with Gasteiger partial charge in [0.2, 0.25) is 29.4 Å². The maximum Gasteiger partial charge on any atom is 0.225 e. The zero-order valence-corrected chi connectivity index (χ0v) is 22.1. The van der Waals surface area contributed by atoms with Gasteiger partial charge < -0.3 is 20.7 Å². The Morgan fingerprint density at radius 2 is 1.70 bits per heavy atom. The van der Waals surface area contributed by atoms with Crippen LogP contribution in [0.15, 0.2) is 36.4 Å². The average molecular weight is 566 g/mol. The Balaban J connectivity index is 1.75. The normalized spacial score (nSPS) is 16.3. The Morgan fingerprint density at radius 1 is 1.05 bits per heavy atom. The third-order valence-corrected chi connectivity index (χ3v) is 6.43. The molecule has 0 aliphatic carbocycles. The minimum Gasteiger partial charge on any atom is -0.479 e. The molecule has 2 aromatic carbocycles. The van der Waals surface area contributed by atoms with E-state index in [0.29, 0.717) is 25.1 Å². The lowest BCUT2D eigenvalue weighted by molar-refractivity contribution is -0.133. The number of anilines is 1. The molecule has 0 radical (unpaired) electrons. The molecule has 3 atom stereocenters. The molecule has 3 amide bonds. The third kappa shape index (κ3) is 8.27. The molecule has 216 valence electrons. The quantitative estimate of drug-likeness (QED) is 0.252. The molecule has 1 heterocycles. The summed E-state index contributed by atoms with van der Waals surface area (Å²) in [7, 11) is 0. The molecule has 3 N–H and O–H groups in total. The number of amides is 3. The Labute approximate surface area is 228 Å². The van der Waals surface area contributed by atoms with Crippen LogP contribution in [0.3, 0.4) is 0 Å². The van der Waals surface area contributed by atoms with Gasteiger partial charge in [-0.05, 0) is 37.3 Å². The van der Waals surface area contributed by atoms with E-state index in [9.17, 15) is 36.7 Å². The second kappa shape index (κ2) is 13.9. The van der Waals surface area contributed by atoms with Crippen molar-refractivity contribution in [1.82, 2.24) is 10.6 Å². The van der Waals surface area contributed by atoms with Crippen molar-refractivity contribution < 1.29 is 41.5 Å². The van der Waals surface area contributed by atoms with E-state index < -0.39 is 71.1 Å². The molecule has 2 unspecified atom stereocenters. The number of hydrogen-bond donors (Lipinski definition) is 3. The van der Waals surface area contributed by atoms with Gasteiger partial charge in [0.1, 0.15) is 6.61 Å². The lowest BCUT2D eigenvalue weighted by Crippen LogP contribution is -2.47. The van der Waals surface area contributed by atoms with E-state index in [2.05, 4.69) is 16.0 Å². The van der Waals surface area contributed by atoms with E-state index in [-0.39, 0.29) is 30.7 Å². The molecule has 1 aliphatic heterocycles. The van der Waals surface area contributed by atoms with Crippen LogP contribution < -0.4 is 20.7 Å². The van der Waals surface area contributed by atoms with Crippen LogP contribution in [0.5, 0.6) is 5.75 Å². The number of nitrogens with one attached hydrogen (secondary N) is 3. The molecular weight excluding hydrogens is 534 g/mol. The summed E-state index contributed by atoms with van der Waals surface area (Å²) in [6.07, 6.45) is 0.340. The van der Waals surface area contributed by atoms with Gasteiger partial charge >= 0.3 is 0 Å². The number of para-hydroxylation sites is 1. The number of halogens is 4. The van der Waals surface area contributed by atoms with Crippen LogP contribution in [-0.4, -0.2) is 42.7 Å². The van der Waals surface area contributed by atoms with Crippen molar-refractivity contribution in [2.24, 2.45) is 17.8 Å². The first-order chi connectivity index (χ1) is 19.0. The summed E-state index contributed by atoms with van der Waals surface area (Å²) in [4.78, 5) is 51.2. The van der Waals surface area contributed by atoms with Gasteiger partial charge in [-0.3, -0.25) is 19.2 Å². The van der Waals surface area contributed by atoms with Crippen molar-refractivity contribution in [2.45, 2.75) is 45.6 Å². The summed E-state index contributed by atoms with van der Waals surface area (Å²) in [6.45, 7) is 3.04. The maximum absolute atomic E-state index is 14.0. The number of hydrogen-bond acceptors (Lipinski definition) is 5. The van der Waals surface area contributed by atoms with Crippen LogP contribution >= 0.6 is 0 Å². The minimum atomic E-state index is -1.82. The molecule has 0 bridgehead atoms. The fourth-order valence-electron chi connectivity index (χ4n) is 4.45. The Bertz CT molecular complexity index is 1220. The summed E-state index contributed by atoms with van der Waals surface area (Å²) >= 11 is 0. The number of carbonyl (C=O) groups is 4. The number of carbonyl (C=O) groups excluding carboxylic acids is 4. The SMILES string of the molecule is CC(C)CC(CC(=O)Nc1ccccc1)C(=O)NC(C[C@@H]1CCNC1=O)C(=O)COc1c(F)c(F)cc(F)c1F. The van der Waals surface area contributed by atoms with Gasteiger partial charge in [0, 0.05) is 36.6 Å². The van der Waals surface area contributed by atoms with Crippen molar-refractivity contribution in [3.05, 3.63) is 59.7 Å². The average Bonchev–Trinajstić information content (AvgIpc) is 3.30. The van der Waals surface area contributed by atoms with Crippen molar-refractivity contribution >= 4 is 29.2 Å². The van der Waals surface area contributed by atoms with Crippen LogP contribution in [0.25, 0.3) is 0 Å². The standard InChI is InChI=1S/C28H31F4N3O5/c1-15(2)10-17(12-23(37)34-18-6-4-3-5-7-18)28(39)35-21(11-16-8-9-33-27(16)38)22(36)14-40-26-24(31)19(29)13-20(30)25(26)32/h3-7,13,15-17,21H,8-12,14H2,1-2H3,(H,33,38)(H,34,37)(H,35,39)/t16-,17?,21?/m0/s1. The largest absolute Gasteiger partial charge is 0.479 e. The highest BCUT2D eigenvalue weighted by atomic mass is 19.2. The number of benzene rings is 2. The third-order valence-electron chi connectivity index (χ3n) is 6.43. The second-order valence-corrected chi connectivity index (χ2v) is 10.1. The fraction of sp³-hybridized carbons (Fsp3) is 0.429. The van der Waals surface area contributed by atoms with E-state index in [4.69, 9.17) is 4.74 Å². The minimum absolute atomic E-state index is 0.00386. The van der Waals surface area contributed by atoms with Crippen molar-refractivity contribution in [2.75, 3.05) is 18.5 Å². The first-order valence-corrected chi connectivity index (χ1v) is 12.9. The zero-order chi connectivity index (χ0) is 29.4. The van der Waals surface area contributed by atoms with Crippen LogP contribution in [-0.2, 0) is 19.2 Å². The van der Waals surface area contributed by atoms with E-state index >= 15 is 0 Å². The number of rotatable bonds is 13. The van der Waals surface area contributed by atoms with Crippen LogP contribution in [0.2, 0.25) is 0 Å². The number of ketones is 1. The van der Waals surface area contributed by atoms with Gasteiger partial charge in [-0.15, -0.1) is 0 Å². The molecule has 0 saturated carbocycles. The van der Waals surface area contributed by atoms with E-state index in [1.165, 1.54) is 0 Å². The van der Waals surface area contributed by atoms with E-state index in [1.54, 1.807) is 30.3 Å². The lowest BCUT2D eigenvalue weighted by Gasteiger charge is -2.24. The van der Waals surface area contributed by atoms with Gasteiger partial charge in [-0.2, -0.15) is 8.78 Å². The molecule has 1 fully saturated rings. The summed E-state index contributed by atoms with van der Waals surface area (Å²) in [6, 6.07) is 7.30. The molecule has 3 rings (SSSR count). The monoisotopic (exact) mass is 565 g/mol. The highest BCUT2D eigenvalue weighted by Gasteiger charge is 2.34. The Kier molecular flexibility index (Phi) is 10.6. The summed E-state index contributed by atoms with van der Waals surface area (Å²) in [5.74, 6) is -12.2. The lowest BCUT2D eigenvalue weighted by atomic mass is 9.91. The van der Waals surface area contributed by atoms with E-state index in [1.807, 2.05) is 13.8 Å². The van der Waals surface area contributed by atoms with Crippen LogP contribution in [0.1, 0.15) is 39.5 Å². The summed E-state index contributed by atoms with van der Waals surface area (Å²) in [5.41, 5.74) is 0.543. The summed E-state index contributed by atoms with van der Waals surface area (Å²) in [5, 5.41) is 7.89. The van der Waals surface area contributed by atoms with E-state index in [0.717, 1.165) is 0 Å². The Morgan fingerprint density at radius 3 is 2.27 bits per heavy atom. The van der Waals surface area contributed by atoms with Crippen molar-refractivity contribution in [3.8, 4) is 5.75 Å². The van der Waals surface area contributed by atoms with Gasteiger partial charge in [-0.1, -0.05) is 32.0 Å². The molecule has 40 heavy (non-hydrogen) atoms. The van der Waals surface area contributed by atoms with Gasteiger partial charge in [0.05, 0.1) is 6.04 Å². The predicted octanol–water partition coefficient (Wildman–Crippen LogP) is 3.89. The van der Waals surface area contributed by atoms with Crippen LogP contribution in [0.4, 0.5) is 23.2 Å². The second-order valence-electron chi connectivity index (χ2n) is 10.1. The molecule has 0 spiro atoms. The molecule has 12 heteroatoms.